The van der Waals surface area contributed by atoms with Crippen molar-refractivity contribution >= 4 is 23.2 Å². The second kappa shape index (κ2) is 5.94. The van der Waals surface area contributed by atoms with Gasteiger partial charge in [0.1, 0.15) is 11.6 Å². The maximum atomic E-state index is 13.8. The maximum Gasteiger partial charge on any atom is 0.165 e. The van der Waals surface area contributed by atoms with Crippen molar-refractivity contribution in [3.63, 3.8) is 0 Å². The van der Waals surface area contributed by atoms with Crippen LogP contribution < -0.4 is 4.74 Å². The summed E-state index contributed by atoms with van der Waals surface area (Å²) in [7, 11) is 1.32. The molecule has 2 aromatic rings. The van der Waals surface area contributed by atoms with Crippen LogP contribution in [-0.2, 0) is 0 Å². The van der Waals surface area contributed by atoms with Crippen LogP contribution in [0.3, 0.4) is 0 Å². The van der Waals surface area contributed by atoms with E-state index < -0.39 is 22.8 Å². The van der Waals surface area contributed by atoms with Gasteiger partial charge in [-0.25, -0.2) is 13.2 Å². The molecule has 1 atom stereocenters. The summed E-state index contributed by atoms with van der Waals surface area (Å²) in [6, 6.07) is 5.69. The molecular formula is C14H9Cl2F3O. The number of hydrogen-bond acceptors (Lipinski definition) is 1. The quantitative estimate of drug-likeness (QED) is 0.565. The van der Waals surface area contributed by atoms with Gasteiger partial charge in [0.25, 0.3) is 0 Å². The van der Waals surface area contributed by atoms with Gasteiger partial charge in [0.05, 0.1) is 17.5 Å². The van der Waals surface area contributed by atoms with Gasteiger partial charge in [-0.2, -0.15) is 0 Å². The van der Waals surface area contributed by atoms with Crippen LogP contribution >= 0.6 is 23.2 Å². The maximum absolute atomic E-state index is 13.8. The van der Waals surface area contributed by atoms with E-state index in [1.165, 1.54) is 19.2 Å². The van der Waals surface area contributed by atoms with Crippen molar-refractivity contribution in [2.24, 2.45) is 0 Å². The van der Waals surface area contributed by atoms with Crippen molar-refractivity contribution in [3.05, 3.63) is 63.9 Å². The molecule has 2 aromatic carbocycles. The predicted octanol–water partition coefficient (Wildman–Crippen LogP) is 5.09. The summed E-state index contributed by atoms with van der Waals surface area (Å²) in [6.07, 6.45) is 0. The first kappa shape index (κ1) is 15.0. The third-order valence-electron chi connectivity index (χ3n) is 2.78. The van der Waals surface area contributed by atoms with Crippen LogP contribution in [0.4, 0.5) is 13.2 Å². The van der Waals surface area contributed by atoms with E-state index in [2.05, 4.69) is 0 Å². The number of rotatable bonds is 3. The molecule has 0 aliphatic rings. The first-order chi connectivity index (χ1) is 9.43. The third kappa shape index (κ3) is 2.86. The Morgan fingerprint density at radius 1 is 1.00 bits per heavy atom. The van der Waals surface area contributed by atoms with E-state index in [1.807, 2.05) is 0 Å². The van der Waals surface area contributed by atoms with Crippen LogP contribution in [0, 0.1) is 17.5 Å². The van der Waals surface area contributed by atoms with Gasteiger partial charge in [0.15, 0.2) is 11.6 Å². The fraction of sp³-hybridized carbons (Fsp3) is 0.143. The van der Waals surface area contributed by atoms with Crippen LogP contribution in [0.5, 0.6) is 5.75 Å². The van der Waals surface area contributed by atoms with Gasteiger partial charge in [0, 0.05) is 5.56 Å². The van der Waals surface area contributed by atoms with Crippen molar-refractivity contribution in [2.45, 2.75) is 5.38 Å². The van der Waals surface area contributed by atoms with Gasteiger partial charge in [-0.05, 0) is 29.8 Å². The topological polar surface area (TPSA) is 9.23 Å². The Bertz CT molecular complexity index is 647. The summed E-state index contributed by atoms with van der Waals surface area (Å²) >= 11 is 11.5. The molecule has 2 rings (SSSR count). The SMILES string of the molecule is COc1ccc(C(Cl)c2cc(F)c(Cl)cc2F)cc1F. The molecule has 0 aliphatic carbocycles. The average Bonchev–Trinajstić information content (AvgIpc) is 2.42. The lowest BCUT2D eigenvalue weighted by molar-refractivity contribution is 0.386. The van der Waals surface area contributed by atoms with E-state index >= 15 is 0 Å². The zero-order valence-corrected chi connectivity index (χ0v) is 11.8. The van der Waals surface area contributed by atoms with Crippen molar-refractivity contribution in [1.29, 1.82) is 0 Å². The molecule has 0 radical (unpaired) electrons. The highest BCUT2D eigenvalue weighted by Gasteiger charge is 2.19. The summed E-state index contributed by atoms with van der Waals surface area (Å²) in [5.41, 5.74) is 0.170. The molecule has 0 N–H and O–H groups in total. The van der Waals surface area contributed by atoms with E-state index in [1.54, 1.807) is 0 Å². The van der Waals surface area contributed by atoms with E-state index in [9.17, 15) is 13.2 Å². The number of methoxy groups -OCH3 is 1. The van der Waals surface area contributed by atoms with E-state index in [0.29, 0.717) is 0 Å². The second-order valence-corrected chi connectivity index (χ2v) is 4.89. The molecule has 6 heteroatoms. The fourth-order valence-electron chi connectivity index (χ4n) is 1.75. The molecular weight excluding hydrogens is 312 g/mol. The summed E-state index contributed by atoms with van der Waals surface area (Å²) in [6.45, 7) is 0. The molecule has 0 fully saturated rings. The van der Waals surface area contributed by atoms with Gasteiger partial charge in [-0.3, -0.25) is 0 Å². The zero-order chi connectivity index (χ0) is 14.9. The van der Waals surface area contributed by atoms with Crippen molar-refractivity contribution in [2.75, 3.05) is 7.11 Å². The highest BCUT2D eigenvalue weighted by Crippen LogP contribution is 2.34. The number of hydrogen-bond donors (Lipinski definition) is 0. The highest BCUT2D eigenvalue weighted by molar-refractivity contribution is 6.30. The van der Waals surface area contributed by atoms with Crippen LogP contribution in [0.15, 0.2) is 30.3 Å². The fourth-order valence-corrected chi connectivity index (χ4v) is 2.21. The monoisotopic (exact) mass is 320 g/mol. The molecule has 20 heavy (non-hydrogen) atoms. The Morgan fingerprint density at radius 3 is 2.30 bits per heavy atom. The molecule has 0 heterocycles. The Balaban J connectivity index is 2.43. The largest absolute Gasteiger partial charge is 0.494 e. The summed E-state index contributed by atoms with van der Waals surface area (Å²) in [5, 5.41) is -1.38. The molecule has 1 nitrogen and oxygen atoms in total. The normalized spacial score (nSPS) is 12.3. The number of ether oxygens (including phenoxy) is 1. The van der Waals surface area contributed by atoms with Crippen molar-refractivity contribution in [1.82, 2.24) is 0 Å². The zero-order valence-electron chi connectivity index (χ0n) is 10.3. The Hall–Kier alpha value is -1.39. The standard InChI is InChI=1S/C14H9Cl2F3O/c1-20-13-3-2-7(4-12(13)19)14(16)8-5-11(18)9(15)6-10(8)17/h2-6,14H,1H3. The molecule has 0 spiro atoms. The summed E-state index contributed by atoms with van der Waals surface area (Å²) in [5.74, 6) is -2.14. The summed E-state index contributed by atoms with van der Waals surface area (Å²) in [4.78, 5) is 0. The van der Waals surface area contributed by atoms with Crippen LogP contribution in [0.2, 0.25) is 5.02 Å². The van der Waals surface area contributed by atoms with Gasteiger partial charge in [-0.1, -0.05) is 17.7 Å². The van der Waals surface area contributed by atoms with Gasteiger partial charge >= 0.3 is 0 Å². The smallest absolute Gasteiger partial charge is 0.165 e. The molecule has 106 valence electrons. The predicted molar refractivity (Wildman–Crippen MR) is 72.0 cm³/mol. The lowest BCUT2D eigenvalue weighted by Crippen LogP contribution is -2.00. The van der Waals surface area contributed by atoms with E-state index in [4.69, 9.17) is 27.9 Å². The number of halogens is 5. The Labute approximate surface area is 123 Å². The second-order valence-electron chi connectivity index (χ2n) is 4.04. The average molecular weight is 321 g/mol. The molecule has 0 amide bonds. The van der Waals surface area contributed by atoms with E-state index in [0.717, 1.165) is 18.2 Å². The molecule has 0 saturated carbocycles. The summed E-state index contributed by atoms with van der Waals surface area (Å²) < 4.78 is 45.5. The molecule has 1 unspecified atom stereocenters. The van der Waals surface area contributed by atoms with E-state index in [-0.39, 0.29) is 21.9 Å². The van der Waals surface area contributed by atoms with Crippen LogP contribution in [0.25, 0.3) is 0 Å². The van der Waals surface area contributed by atoms with Gasteiger partial charge in [-0.15, -0.1) is 11.6 Å². The molecule has 0 aromatic heterocycles. The minimum Gasteiger partial charge on any atom is -0.494 e. The minimum atomic E-state index is -1.04. The number of alkyl halides is 1. The van der Waals surface area contributed by atoms with Crippen molar-refractivity contribution < 1.29 is 17.9 Å². The highest BCUT2D eigenvalue weighted by atomic mass is 35.5. The first-order valence-electron chi connectivity index (χ1n) is 5.56. The lowest BCUT2D eigenvalue weighted by atomic mass is 10.0. The van der Waals surface area contributed by atoms with Crippen molar-refractivity contribution in [3.8, 4) is 5.75 Å². The first-order valence-corrected chi connectivity index (χ1v) is 6.37. The minimum absolute atomic E-state index is 0.0420. The Morgan fingerprint density at radius 2 is 1.70 bits per heavy atom. The Kier molecular flexibility index (Phi) is 4.45. The lowest BCUT2D eigenvalue weighted by Gasteiger charge is -2.13. The van der Waals surface area contributed by atoms with Crippen LogP contribution in [-0.4, -0.2) is 7.11 Å². The van der Waals surface area contributed by atoms with Gasteiger partial charge in [0.2, 0.25) is 0 Å². The number of benzene rings is 2. The molecule has 0 bridgehead atoms. The van der Waals surface area contributed by atoms with Crippen LogP contribution in [0.1, 0.15) is 16.5 Å². The molecule has 0 aliphatic heterocycles. The molecule has 0 saturated heterocycles. The van der Waals surface area contributed by atoms with Gasteiger partial charge < -0.3 is 4.74 Å². The third-order valence-corrected chi connectivity index (χ3v) is 3.56.